The van der Waals surface area contributed by atoms with Crippen molar-refractivity contribution >= 4 is 0 Å². The summed E-state index contributed by atoms with van der Waals surface area (Å²) in [6, 6.07) is 0. The molecule has 1 heterocycles. The summed E-state index contributed by atoms with van der Waals surface area (Å²) in [5.74, 6) is 0.285. The molecule has 1 spiro atoms. The Labute approximate surface area is 102 Å². The molecule has 0 aromatic carbocycles. The minimum Gasteiger partial charge on any atom is -0.389 e. The van der Waals surface area contributed by atoms with Crippen LogP contribution in [0.5, 0.6) is 0 Å². The van der Waals surface area contributed by atoms with Gasteiger partial charge in [0.2, 0.25) is 0 Å². The highest BCUT2D eigenvalue weighted by Crippen LogP contribution is 2.70. The van der Waals surface area contributed by atoms with Crippen LogP contribution in [-0.4, -0.2) is 22.4 Å². The van der Waals surface area contributed by atoms with Crippen molar-refractivity contribution in [2.75, 3.05) is 0 Å². The van der Waals surface area contributed by atoms with Crippen molar-refractivity contribution in [3.05, 3.63) is 23.8 Å². The number of aliphatic hydroxyl groups excluding tert-OH is 1. The van der Waals surface area contributed by atoms with E-state index in [1.54, 1.807) is 0 Å². The third kappa shape index (κ3) is 0.869. The van der Waals surface area contributed by atoms with Crippen molar-refractivity contribution in [1.29, 1.82) is 0 Å². The second-order valence-electron chi connectivity index (χ2n) is 6.78. The Bertz CT molecular complexity index is 466. The van der Waals surface area contributed by atoms with E-state index in [0.29, 0.717) is 0 Å². The van der Waals surface area contributed by atoms with Gasteiger partial charge in [0, 0.05) is 11.3 Å². The molecule has 0 unspecified atom stereocenters. The van der Waals surface area contributed by atoms with E-state index in [-0.39, 0.29) is 23.0 Å². The lowest BCUT2D eigenvalue weighted by molar-refractivity contribution is -0.0838. The molecule has 2 heteroatoms. The third-order valence-corrected chi connectivity index (χ3v) is 6.07. The zero-order valence-corrected chi connectivity index (χ0v) is 10.6. The van der Waals surface area contributed by atoms with Crippen LogP contribution in [-0.2, 0) is 4.74 Å². The van der Waals surface area contributed by atoms with Gasteiger partial charge in [0.05, 0.1) is 11.7 Å². The molecule has 4 rings (SSSR count). The van der Waals surface area contributed by atoms with E-state index in [9.17, 15) is 5.11 Å². The molecule has 1 saturated heterocycles. The third-order valence-electron chi connectivity index (χ3n) is 6.07. The molecular formula is C15H20O2. The number of aliphatic hydroxyl groups is 1. The second-order valence-corrected chi connectivity index (χ2v) is 6.78. The highest BCUT2D eigenvalue weighted by molar-refractivity contribution is 5.48. The molecule has 2 nitrogen and oxygen atoms in total. The van der Waals surface area contributed by atoms with Gasteiger partial charge in [0.1, 0.15) is 5.60 Å². The maximum Gasteiger partial charge on any atom is 0.114 e. The van der Waals surface area contributed by atoms with Crippen LogP contribution in [0.25, 0.3) is 0 Å². The van der Waals surface area contributed by atoms with Gasteiger partial charge in [-0.1, -0.05) is 18.2 Å². The summed E-state index contributed by atoms with van der Waals surface area (Å²) in [6.45, 7) is 8.56. The van der Waals surface area contributed by atoms with Crippen LogP contribution in [0.2, 0.25) is 0 Å². The minimum absolute atomic E-state index is 0.120. The molecule has 1 aliphatic heterocycles. The van der Waals surface area contributed by atoms with Crippen LogP contribution in [0.4, 0.5) is 0 Å². The van der Waals surface area contributed by atoms with Gasteiger partial charge in [0.15, 0.2) is 0 Å². The Morgan fingerprint density at radius 3 is 2.94 bits per heavy atom. The maximum atomic E-state index is 10.6. The lowest BCUT2D eigenvalue weighted by atomic mass is 9.53. The molecule has 3 fully saturated rings. The molecular weight excluding hydrogens is 212 g/mol. The van der Waals surface area contributed by atoms with Crippen LogP contribution < -0.4 is 0 Å². The number of hydrogen-bond donors (Lipinski definition) is 1. The number of allylic oxidation sites excluding steroid dienone is 2. The first kappa shape index (κ1) is 10.3. The molecule has 0 radical (unpaired) electrons. The number of fused-ring (bicyclic) bond motifs is 2. The first-order chi connectivity index (χ1) is 7.92. The molecule has 0 aromatic heterocycles. The Kier molecular flexibility index (Phi) is 1.55. The lowest BCUT2D eigenvalue weighted by Gasteiger charge is -2.50. The van der Waals surface area contributed by atoms with Gasteiger partial charge in [-0.05, 0) is 45.1 Å². The number of ether oxygens (including phenoxy) is 1. The topological polar surface area (TPSA) is 29.5 Å². The Morgan fingerprint density at radius 1 is 1.41 bits per heavy atom. The van der Waals surface area contributed by atoms with Gasteiger partial charge in [-0.3, -0.25) is 0 Å². The summed E-state index contributed by atoms with van der Waals surface area (Å²) >= 11 is 0. The summed E-state index contributed by atoms with van der Waals surface area (Å²) in [5, 5.41) is 10.6. The van der Waals surface area contributed by atoms with Crippen LogP contribution in [0, 0.1) is 11.3 Å². The first-order valence-electron chi connectivity index (χ1n) is 6.70. The molecule has 2 saturated carbocycles. The fourth-order valence-corrected chi connectivity index (χ4v) is 5.11. The van der Waals surface area contributed by atoms with Gasteiger partial charge in [-0.25, -0.2) is 0 Å². The van der Waals surface area contributed by atoms with E-state index in [2.05, 4.69) is 26.5 Å². The van der Waals surface area contributed by atoms with Crippen molar-refractivity contribution in [3.8, 4) is 0 Å². The van der Waals surface area contributed by atoms with Gasteiger partial charge < -0.3 is 9.84 Å². The Morgan fingerprint density at radius 2 is 2.18 bits per heavy atom. The van der Waals surface area contributed by atoms with Crippen LogP contribution >= 0.6 is 0 Å². The molecule has 92 valence electrons. The minimum atomic E-state index is -0.451. The summed E-state index contributed by atoms with van der Waals surface area (Å²) < 4.78 is 6.36. The van der Waals surface area contributed by atoms with Gasteiger partial charge in [0.25, 0.3) is 0 Å². The predicted octanol–water partition coefficient (Wildman–Crippen LogP) is 2.58. The summed E-state index contributed by atoms with van der Waals surface area (Å²) in [5.41, 5.74) is 2.27. The van der Waals surface area contributed by atoms with Gasteiger partial charge >= 0.3 is 0 Å². The standard InChI is InChI=1S/C15H20O2/c1-9-4-5-11-14(3)12(16)10-8-15(9,11)7-6-13(10,2)17-14/h5,10,12,16H,1,4,6-8H2,2-3H3/t10-,12+,13-,14-,15+/m1/s1. The van der Waals surface area contributed by atoms with E-state index >= 15 is 0 Å². The zero-order chi connectivity index (χ0) is 12.1. The molecule has 1 N–H and O–H groups in total. The predicted molar refractivity (Wildman–Crippen MR) is 65.5 cm³/mol. The molecule has 3 aliphatic carbocycles. The van der Waals surface area contributed by atoms with Crippen molar-refractivity contribution in [1.82, 2.24) is 0 Å². The molecule has 3 bridgehead atoms. The molecule has 4 aliphatic rings. The fraction of sp³-hybridized carbons (Fsp3) is 0.733. The molecule has 17 heavy (non-hydrogen) atoms. The van der Waals surface area contributed by atoms with Gasteiger partial charge in [-0.2, -0.15) is 0 Å². The lowest BCUT2D eigenvalue weighted by Crippen LogP contribution is -2.53. The fourth-order valence-electron chi connectivity index (χ4n) is 5.11. The quantitative estimate of drug-likeness (QED) is 0.650. The maximum absolute atomic E-state index is 10.6. The van der Waals surface area contributed by atoms with Crippen molar-refractivity contribution < 1.29 is 9.84 Å². The monoisotopic (exact) mass is 232 g/mol. The summed E-state index contributed by atoms with van der Waals surface area (Å²) in [6.07, 6.45) is 6.18. The van der Waals surface area contributed by atoms with Gasteiger partial charge in [-0.15, -0.1) is 0 Å². The highest BCUT2D eigenvalue weighted by Gasteiger charge is 2.71. The van der Waals surface area contributed by atoms with Crippen molar-refractivity contribution in [2.24, 2.45) is 11.3 Å². The molecule has 0 aromatic rings. The smallest absolute Gasteiger partial charge is 0.114 e. The second kappa shape index (κ2) is 2.55. The van der Waals surface area contributed by atoms with E-state index in [4.69, 9.17) is 4.74 Å². The number of rotatable bonds is 0. The van der Waals surface area contributed by atoms with Crippen LogP contribution in [0.1, 0.15) is 39.5 Å². The average Bonchev–Trinajstić information content (AvgIpc) is 2.62. The van der Waals surface area contributed by atoms with E-state index in [1.807, 2.05) is 0 Å². The van der Waals surface area contributed by atoms with E-state index < -0.39 is 5.60 Å². The summed E-state index contributed by atoms with van der Waals surface area (Å²) in [4.78, 5) is 0. The first-order valence-corrected chi connectivity index (χ1v) is 6.70. The largest absolute Gasteiger partial charge is 0.389 e. The highest BCUT2D eigenvalue weighted by atomic mass is 16.5. The molecule has 0 amide bonds. The van der Waals surface area contributed by atoms with Crippen LogP contribution in [0.15, 0.2) is 23.8 Å². The van der Waals surface area contributed by atoms with E-state index in [0.717, 1.165) is 25.7 Å². The normalized spacial score (nSPS) is 59.5. The van der Waals surface area contributed by atoms with E-state index in [1.165, 1.54) is 11.1 Å². The Hall–Kier alpha value is -0.600. The molecule has 5 atom stereocenters. The van der Waals surface area contributed by atoms with Crippen molar-refractivity contribution in [3.63, 3.8) is 0 Å². The average molecular weight is 232 g/mol. The number of hydrogen-bond acceptors (Lipinski definition) is 2. The van der Waals surface area contributed by atoms with Crippen LogP contribution in [0.3, 0.4) is 0 Å². The summed E-state index contributed by atoms with van der Waals surface area (Å²) in [7, 11) is 0. The van der Waals surface area contributed by atoms with Crippen molar-refractivity contribution in [2.45, 2.75) is 56.8 Å². The Balaban J connectivity index is 1.98. The SMILES string of the molecule is C=C1CC=C2[C@]13CC[C@@]1(C)O[C@@]2(C)[C@@H](O)[C@H]1C3. The zero-order valence-electron chi connectivity index (χ0n) is 10.6.